The summed E-state index contributed by atoms with van der Waals surface area (Å²) in [5.74, 6) is -1.10. The molecule has 0 bridgehead atoms. The fourth-order valence-corrected chi connectivity index (χ4v) is 7.73. The molecule has 2 aromatic carbocycles. The van der Waals surface area contributed by atoms with E-state index in [4.69, 9.17) is 0 Å². The standard InChI is InChI=1S/C32H35F3N4O2S/c1-19-9-12-24(16-26(19)32(33,34)35)38-30(40)25-15-21-5-4-8-28(21)39(31(41)27-17-42-18-36-27)29(25)20-10-13-23(14-11-20)37-22-6-2-3-7-22/h9-14,16-18,21-22,25,28-29,37H,2-8,15H2,1H3,(H,38,40)/t21-,25?,28-,29?/m1/s1. The van der Waals surface area contributed by atoms with Crippen LogP contribution < -0.4 is 10.6 Å². The van der Waals surface area contributed by atoms with E-state index in [-0.39, 0.29) is 35.0 Å². The molecule has 10 heteroatoms. The van der Waals surface area contributed by atoms with Crippen LogP contribution in [0.4, 0.5) is 24.5 Å². The molecule has 0 spiro atoms. The van der Waals surface area contributed by atoms with E-state index >= 15 is 0 Å². The number of rotatable bonds is 6. The monoisotopic (exact) mass is 596 g/mol. The number of likely N-dealkylation sites (tertiary alicyclic amines) is 1. The summed E-state index contributed by atoms with van der Waals surface area (Å²) in [6.07, 6.45) is 3.44. The molecule has 2 aliphatic carbocycles. The Morgan fingerprint density at radius 1 is 0.976 bits per heavy atom. The highest BCUT2D eigenvalue weighted by Gasteiger charge is 2.50. The second-order valence-corrected chi connectivity index (χ2v) is 12.6. The van der Waals surface area contributed by atoms with Crippen LogP contribution in [0.2, 0.25) is 0 Å². The molecule has 2 unspecified atom stereocenters. The van der Waals surface area contributed by atoms with Crippen molar-refractivity contribution < 1.29 is 22.8 Å². The number of carbonyl (C=O) groups excluding carboxylic acids is 2. The largest absolute Gasteiger partial charge is 0.416 e. The Morgan fingerprint density at radius 3 is 2.40 bits per heavy atom. The first-order chi connectivity index (χ1) is 20.2. The fourth-order valence-electron chi connectivity index (χ4n) is 7.21. The van der Waals surface area contributed by atoms with Gasteiger partial charge in [0.1, 0.15) is 5.69 Å². The number of halogens is 3. The van der Waals surface area contributed by atoms with Gasteiger partial charge in [-0.05, 0) is 80.3 Å². The van der Waals surface area contributed by atoms with Gasteiger partial charge >= 0.3 is 6.18 Å². The zero-order chi connectivity index (χ0) is 29.4. The Labute approximate surface area is 247 Å². The van der Waals surface area contributed by atoms with E-state index in [1.54, 1.807) is 10.9 Å². The molecule has 1 aliphatic heterocycles. The van der Waals surface area contributed by atoms with Gasteiger partial charge in [-0.2, -0.15) is 13.2 Å². The van der Waals surface area contributed by atoms with Crippen molar-refractivity contribution in [2.45, 2.75) is 82.6 Å². The first kappa shape index (κ1) is 28.7. The highest BCUT2D eigenvalue weighted by Crippen LogP contribution is 2.49. The minimum atomic E-state index is -4.53. The third kappa shape index (κ3) is 5.78. The normalized spacial score (nSPS) is 24.4. The Morgan fingerprint density at radius 2 is 1.71 bits per heavy atom. The van der Waals surface area contributed by atoms with Gasteiger partial charge in [0, 0.05) is 28.8 Å². The van der Waals surface area contributed by atoms with E-state index in [0.29, 0.717) is 18.2 Å². The molecule has 2 amide bonds. The molecule has 1 saturated heterocycles. The minimum absolute atomic E-state index is 0.0271. The minimum Gasteiger partial charge on any atom is -0.382 e. The van der Waals surface area contributed by atoms with E-state index in [1.165, 1.54) is 43.2 Å². The summed E-state index contributed by atoms with van der Waals surface area (Å²) in [6, 6.07) is 11.7. The maximum absolute atomic E-state index is 14.0. The third-order valence-corrected chi connectivity index (χ3v) is 9.81. The van der Waals surface area contributed by atoms with Gasteiger partial charge in [-0.3, -0.25) is 9.59 Å². The van der Waals surface area contributed by atoms with E-state index in [0.717, 1.165) is 49.4 Å². The highest BCUT2D eigenvalue weighted by molar-refractivity contribution is 7.07. The van der Waals surface area contributed by atoms with Crippen molar-refractivity contribution >= 4 is 34.5 Å². The zero-order valence-electron chi connectivity index (χ0n) is 23.5. The number of hydrogen-bond donors (Lipinski definition) is 2. The van der Waals surface area contributed by atoms with Gasteiger partial charge in [0.25, 0.3) is 5.91 Å². The first-order valence-electron chi connectivity index (χ1n) is 14.7. The van der Waals surface area contributed by atoms with Gasteiger partial charge in [-0.15, -0.1) is 11.3 Å². The second-order valence-electron chi connectivity index (χ2n) is 11.9. The molecular formula is C32H35F3N4O2S. The van der Waals surface area contributed by atoms with Crippen molar-refractivity contribution in [2.75, 3.05) is 10.6 Å². The van der Waals surface area contributed by atoms with Crippen molar-refractivity contribution in [1.29, 1.82) is 0 Å². The maximum Gasteiger partial charge on any atom is 0.416 e. The van der Waals surface area contributed by atoms with Crippen molar-refractivity contribution in [3.63, 3.8) is 0 Å². The summed E-state index contributed by atoms with van der Waals surface area (Å²) in [7, 11) is 0. The summed E-state index contributed by atoms with van der Waals surface area (Å²) in [5, 5.41) is 8.10. The number of piperidine rings is 1. The Balaban J connectivity index is 1.35. The maximum atomic E-state index is 14.0. The molecule has 2 saturated carbocycles. The molecule has 2 heterocycles. The molecule has 6 nitrogen and oxygen atoms in total. The van der Waals surface area contributed by atoms with Crippen molar-refractivity contribution in [2.24, 2.45) is 11.8 Å². The second kappa shape index (κ2) is 11.7. The van der Waals surface area contributed by atoms with E-state index < -0.39 is 23.7 Å². The highest BCUT2D eigenvalue weighted by atomic mass is 32.1. The smallest absolute Gasteiger partial charge is 0.382 e. The lowest BCUT2D eigenvalue weighted by Crippen LogP contribution is -2.54. The summed E-state index contributed by atoms with van der Waals surface area (Å²) in [4.78, 5) is 34.1. The van der Waals surface area contributed by atoms with Crippen molar-refractivity contribution in [3.05, 3.63) is 75.7 Å². The number of benzene rings is 2. The van der Waals surface area contributed by atoms with Gasteiger partial charge in [0.05, 0.1) is 23.0 Å². The lowest BCUT2D eigenvalue weighted by atomic mass is 9.76. The van der Waals surface area contributed by atoms with Crippen LogP contribution in [0.1, 0.15) is 84.6 Å². The number of fused-ring (bicyclic) bond motifs is 1. The molecule has 4 atom stereocenters. The van der Waals surface area contributed by atoms with Crippen LogP contribution in [0.5, 0.6) is 0 Å². The van der Waals surface area contributed by atoms with Crippen LogP contribution in [-0.4, -0.2) is 33.8 Å². The molecule has 6 rings (SSSR count). The average molecular weight is 597 g/mol. The topological polar surface area (TPSA) is 74.3 Å². The van der Waals surface area contributed by atoms with E-state index in [2.05, 4.69) is 15.6 Å². The van der Waals surface area contributed by atoms with Gasteiger partial charge in [-0.25, -0.2) is 4.98 Å². The number of hydrogen-bond acceptors (Lipinski definition) is 5. The lowest BCUT2D eigenvalue weighted by molar-refractivity contribution is -0.138. The van der Waals surface area contributed by atoms with Crippen LogP contribution in [0, 0.1) is 18.8 Å². The quantitative estimate of drug-likeness (QED) is 0.304. The number of aryl methyl sites for hydroxylation is 1. The average Bonchev–Trinajstić information content (AvgIpc) is 3.76. The molecule has 42 heavy (non-hydrogen) atoms. The van der Waals surface area contributed by atoms with Crippen LogP contribution in [-0.2, 0) is 11.0 Å². The summed E-state index contributed by atoms with van der Waals surface area (Å²) in [5.41, 5.74) is 3.22. The Kier molecular flexibility index (Phi) is 8.00. The number of nitrogens with zero attached hydrogens (tertiary/aromatic N) is 2. The molecule has 0 radical (unpaired) electrons. The predicted molar refractivity (Wildman–Crippen MR) is 157 cm³/mol. The Bertz CT molecular complexity index is 1420. The summed E-state index contributed by atoms with van der Waals surface area (Å²) in [6.45, 7) is 1.40. The predicted octanol–water partition coefficient (Wildman–Crippen LogP) is 7.84. The van der Waals surface area contributed by atoms with Crippen molar-refractivity contribution in [1.82, 2.24) is 9.88 Å². The Hall–Kier alpha value is -3.40. The van der Waals surface area contributed by atoms with Gasteiger partial charge < -0.3 is 15.5 Å². The summed E-state index contributed by atoms with van der Waals surface area (Å²) < 4.78 is 40.9. The van der Waals surface area contributed by atoms with Crippen LogP contribution in [0.15, 0.2) is 53.4 Å². The van der Waals surface area contributed by atoms with E-state index in [1.807, 2.05) is 29.2 Å². The number of alkyl halides is 3. The molecule has 3 aliphatic rings. The first-order valence-corrected chi connectivity index (χ1v) is 15.7. The number of thiazole rings is 1. The molecule has 3 aromatic rings. The number of amides is 2. The summed E-state index contributed by atoms with van der Waals surface area (Å²) >= 11 is 1.35. The number of nitrogens with one attached hydrogen (secondary N) is 2. The molecule has 1 aromatic heterocycles. The molecular weight excluding hydrogens is 561 g/mol. The van der Waals surface area contributed by atoms with Gasteiger partial charge in [-0.1, -0.05) is 37.5 Å². The number of anilines is 2. The molecule has 2 N–H and O–H groups in total. The van der Waals surface area contributed by atoms with Gasteiger partial charge in [0.2, 0.25) is 5.91 Å². The fraction of sp³-hybridized carbons (Fsp3) is 0.469. The SMILES string of the molecule is Cc1ccc(NC(=O)C2C[C@H]3CCC[C@H]3N(C(=O)c3cscn3)C2c2ccc(NC3CCCC3)cc2)cc1C(F)(F)F. The molecule has 3 fully saturated rings. The number of carbonyl (C=O) groups is 2. The third-order valence-electron chi connectivity index (χ3n) is 9.23. The van der Waals surface area contributed by atoms with Crippen LogP contribution in [0.3, 0.4) is 0 Å². The zero-order valence-corrected chi connectivity index (χ0v) is 24.3. The molecule has 222 valence electrons. The lowest BCUT2D eigenvalue weighted by Gasteiger charge is -2.47. The van der Waals surface area contributed by atoms with Crippen LogP contribution in [0.25, 0.3) is 0 Å². The van der Waals surface area contributed by atoms with Gasteiger partial charge in [0.15, 0.2) is 0 Å². The number of aromatic nitrogens is 1. The van der Waals surface area contributed by atoms with Crippen LogP contribution >= 0.6 is 11.3 Å². The van der Waals surface area contributed by atoms with E-state index in [9.17, 15) is 22.8 Å². The van der Waals surface area contributed by atoms with Crippen molar-refractivity contribution in [3.8, 4) is 0 Å².